The van der Waals surface area contributed by atoms with Gasteiger partial charge in [-0.05, 0) is 68.7 Å². The number of esters is 1. The number of carbonyl (C=O) groups is 4. The van der Waals surface area contributed by atoms with Crippen molar-refractivity contribution in [1.82, 2.24) is 26.1 Å². The predicted octanol–water partition coefficient (Wildman–Crippen LogP) is 5.44. The topological polar surface area (TPSA) is 159 Å². The second-order valence-electron chi connectivity index (χ2n) is 14.7. The molecule has 0 bridgehead atoms. The molecule has 0 spiro atoms. The number of hydrogen-bond acceptors (Lipinski definition) is 8. The van der Waals surface area contributed by atoms with Crippen molar-refractivity contribution in [2.75, 3.05) is 14.2 Å². The van der Waals surface area contributed by atoms with Gasteiger partial charge in [-0.3, -0.25) is 14.6 Å². The molecule has 0 fully saturated rings. The second kappa shape index (κ2) is 18.3. The SMILES string of the molecule is COC(=O)CC(C(=O)NC(Cc1ccc(-c2ccccn2)cc1)CC(O)C(Cc1ccccc1)NC(=O)N(NC(=O)OC)C(C)(C)C)C(C)(C)C. The molecule has 1 heterocycles. The molecule has 0 saturated carbocycles. The molecule has 4 amide bonds. The van der Waals surface area contributed by atoms with E-state index >= 15 is 0 Å². The highest BCUT2D eigenvalue weighted by Gasteiger charge is 2.36. The number of hydrogen-bond donors (Lipinski definition) is 4. The number of ether oxygens (including phenoxy) is 2. The zero-order valence-corrected chi connectivity index (χ0v) is 30.9. The van der Waals surface area contributed by atoms with Crippen LogP contribution in [0.3, 0.4) is 0 Å². The summed E-state index contributed by atoms with van der Waals surface area (Å²) in [5.41, 5.74) is 4.56. The highest BCUT2D eigenvalue weighted by molar-refractivity contribution is 5.84. The lowest BCUT2D eigenvalue weighted by molar-refractivity contribution is -0.146. The summed E-state index contributed by atoms with van der Waals surface area (Å²) >= 11 is 0. The molecule has 0 saturated heterocycles. The van der Waals surface area contributed by atoms with Crippen molar-refractivity contribution in [2.24, 2.45) is 11.3 Å². The number of urea groups is 1. The Kier molecular flexibility index (Phi) is 14.5. The van der Waals surface area contributed by atoms with Gasteiger partial charge in [0.1, 0.15) is 0 Å². The van der Waals surface area contributed by atoms with Gasteiger partial charge in [-0.2, -0.15) is 0 Å². The Morgan fingerprint density at radius 1 is 0.804 bits per heavy atom. The van der Waals surface area contributed by atoms with Gasteiger partial charge < -0.3 is 25.2 Å². The summed E-state index contributed by atoms with van der Waals surface area (Å²) in [4.78, 5) is 56.5. The molecule has 4 atom stereocenters. The molecule has 51 heavy (non-hydrogen) atoms. The van der Waals surface area contributed by atoms with E-state index in [1.54, 1.807) is 27.0 Å². The molecule has 0 aliphatic carbocycles. The minimum absolute atomic E-state index is 0.0561. The molecule has 3 aromatic rings. The number of aliphatic hydroxyl groups excluding tert-OH is 1. The zero-order chi connectivity index (χ0) is 37.8. The fourth-order valence-corrected chi connectivity index (χ4v) is 5.66. The molecule has 3 rings (SSSR count). The van der Waals surface area contributed by atoms with Crippen LogP contribution in [-0.2, 0) is 31.9 Å². The number of methoxy groups -OCH3 is 2. The van der Waals surface area contributed by atoms with E-state index in [0.717, 1.165) is 27.4 Å². The summed E-state index contributed by atoms with van der Waals surface area (Å²) in [5, 5.41) is 19.0. The molecular formula is C39H53N5O7. The van der Waals surface area contributed by atoms with Gasteiger partial charge in [0.15, 0.2) is 0 Å². The van der Waals surface area contributed by atoms with Gasteiger partial charge in [0.2, 0.25) is 5.91 Å². The van der Waals surface area contributed by atoms with Crippen LogP contribution in [0.15, 0.2) is 79.0 Å². The van der Waals surface area contributed by atoms with E-state index in [1.807, 2.05) is 93.6 Å². The Hall–Kier alpha value is -4.97. The fourth-order valence-electron chi connectivity index (χ4n) is 5.66. The molecule has 12 nitrogen and oxygen atoms in total. The Labute approximate surface area is 301 Å². The lowest BCUT2D eigenvalue weighted by atomic mass is 9.78. The average molecular weight is 704 g/mol. The number of nitrogens with zero attached hydrogens (tertiary/aromatic N) is 2. The van der Waals surface area contributed by atoms with E-state index in [-0.39, 0.29) is 25.2 Å². The molecule has 0 radical (unpaired) electrons. The van der Waals surface area contributed by atoms with Crippen LogP contribution < -0.4 is 16.1 Å². The first-order valence-corrected chi connectivity index (χ1v) is 17.1. The lowest BCUT2D eigenvalue weighted by Crippen LogP contribution is -2.62. The first-order chi connectivity index (χ1) is 24.0. The molecule has 4 N–H and O–H groups in total. The van der Waals surface area contributed by atoms with Crippen molar-refractivity contribution in [3.05, 3.63) is 90.1 Å². The van der Waals surface area contributed by atoms with Gasteiger partial charge in [0.25, 0.3) is 0 Å². The average Bonchev–Trinajstić information content (AvgIpc) is 3.08. The molecule has 2 aromatic carbocycles. The molecule has 0 aliphatic heterocycles. The number of rotatable bonds is 13. The van der Waals surface area contributed by atoms with Gasteiger partial charge in [-0.25, -0.2) is 20.0 Å². The van der Waals surface area contributed by atoms with Gasteiger partial charge >= 0.3 is 18.1 Å². The quantitative estimate of drug-likeness (QED) is 0.135. The monoisotopic (exact) mass is 703 g/mol. The minimum atomic E-state index is -1.15. The Morgan fingerprint density at radius 2 is 1.43 bits per heavy atom. The third-order valence-corrected chi connectivity index (χ3v) is 8.56. The Bertz CT molecular complexity index is 1570. The standard InChI is InChI=1S/C39H53N5O7/c1-38(2,3)30(25-34(46)50-7)35(47)41-29(22-27-17-19-28(20-18-27)31-16-12-13-21-40-31)24-33(45)32(23-26-14-10-9-11-15-26)42-36(48)44(39(4,5)6)43-37(49)51-8/h9-21,29-30,32-33,45H,22-25H2,1-8H3,(H,41,47)(H,42,48)(H,43,49). The van der Waals surface area contributed by atoms with E-state index in [4.69, 9.17) is 9.47 Å². The van der Waals surface area contributed by atoms with Gasteiger partial charge in [0.05, 0.1) is 49.9 Å². The van der Waals surface area contributed by atoms with Crippen LogP contribution in [0, 0.1) is 11.3 Å². The van der Waals surface area contributed by atoms with Gasteiger partial charge in [0, 0.05) is 17.8 Å². The fraction of sp³-hybridized carbons (Fsp3) is 0.462. The van der Waals surface area contributed by atoms with Crippen LogP contribution in [0.4, 0.5) is 9.59 Å². The number of carbonyl (C=O) groups excluding carboxylic acids is 4. The predicted molar refractivity (Wildman–Crippen MR) is 195 cm³/mol. The van der Waals surface area contributed by atoms with E-state index in [2.05, 4.69) is 21.0 Å². The first kappa shape index (κ1) is 40.5. The van der Waals surface area contributed by atoms with Crippen molar-refractivity contribution in [1.29, 1.82) is 0 Å². The normalized spacial score (nSPS) is 13.9. The number of pyridine rings is 1. The van der Waals surface area contributed by atoms with E-state index < -0.39 is 53.2 Å². The highest BCUT2D eigenvalue weighted by Crippen LogP contribution is 2.30. The molecule has 1 aromatic heterocycles. The Morgan fingerprint density at radius 3 is 1.98 bits per heavy atom. The summed E-state index contributed by atoms with van der Waals surface area (Å²) in [6, 6.07) is 20.8. The molecule has 4 unspecified atom stereocenters. The first-order valence-electron chi connectivity index (χ1n) is 17.1. The lowest BCUT2D eigenvalue weighted by Gasteiger charge is -2.37. The van der Waals surface area contributed by atoms with Crippen LogP contribution in [-0.4, -0.2) is 77.0 Å². The van der Waals surface area contributed by atoms with Gasteiger partial charge in [-0.15, -0.1) is 0 Å². The molecular weight excluding hydrogens is 650 g/mol. The molecule has 276 valence electrons. The van der Waals surface area contributed by atoms with Crippen LogP contribution in [0.1, 0.15) is 65.5 Å². The van der Waals surface area contributed by atoms with Crippen molar-refractivity contribution >= 4 is 24.0 Å². The summed E-state index contributed by atoms with van der Waals surface area (Å²) in [6.07, 6.45) is 0.315. The third kappa shape index (κ3) is 12.7. The maximum absolute atomic E-state index is 13.9. The Balaban J connectivity index is 1.96. The largest absolute Gasteiger partial charge is 0.469 e. The third-order valence-electron chi connectivity index (χ3n) is 8.56. The van der Waals surface area contributed by atoms with Crippen LogP contribution in [0.2, 0.25) is 0 Å². The summed E-state index contributed by atoms with van der Waals surface area (Å²) < 4.78 is 9.63. The zero-order valence-electron chi connectivity index (χ0n) is 30.9. The van der Waals surface area contributed by atoms with Crippen molar-refractivity contribution in [2.45, 2.75) is 91.0 Å². The summed E-state index contributed by atoms with van der Waals surface area (Å²) in [6.45, 7) is 10.9. The highest BCUT2D eigenvalue weighted by atomic mass is 16.5. The van der Waals surface area contributed by atoms with Crippen LogP contribution >= 0.6 is 0 Å². The smallest absolute Gasteiger partial charge is 0.426 e. The number of aromatic nitrogens is 1. The number of benzene rings is 2. The van der Waals surface area contributed by atoms with Crippen molar-refractivity contribution < 1.29 is 33.8 Å². The second-order valence-corrected chi connectivity index (χ2v) is 14.7. The van der Waals surface area contributed by atoms with Crippen LogP contribution in [0.25, 0.3) is 11.3 Å². The maximum Gasteiger partial charge on any atom is 0.426 e. The number of aliphatic hydroxyl groups is 1. The van der Waals surface area contributed by atoms with E-state index in [0.29, 0.717) is 6.42 Å². The van der Waals surface area contributed by atoms with Crippen LogP contribution in [0.5, 0.6) is 0 Å². The maximum atomic E-state index is 13.9. The number of nitrogens with one attached hydrogen (secondary N) is 3. The summed E-state index contributed by atoms with van der Waals surface area (Å²) in [7, 11) is 2.49. The number of amides is 4. The molecule has 0 aliphatic rings. The minimum Gasteiger partial charge on any atom is -0.469 e. The van der Waals surface area contributed by atoms with Crippen molar-refractivity contribution in [3.63, 3.8) is 0 Å². The van der Waals surface area contributed by atoms with Gasteiger partial charge in [-0.1, -0.05) is 81.4 Å². The molecule has 12 heteroatoms. The summed E-state index contributed by atoms with van der Waals surface area (Å²) in [5.74, 6) is -1.55. The van der Waals surface area contributed by atoms with E-state index in [1.165, 1.54) is 14.2 Å². The van der Waals surface area contributed by atoms with Crippen molar-refractivity contribution in [3.8, 4) is 11.3 Å². The van der Waals surface area contributed by atoms with E-state index in [9.17, 15) is 24.3 Å². The number of hydrazine groups is 1.